The van der Waals surface area contributed by atoms with Crippen LogP contribution in [0, 0.1) is 5.92 Å². The Morgan fingerprint density at radius 1 is 1.33 bits per heavy atom. The van der Waals surface area contributed by atoms with Crippen LogP contribution in [0.25, 0.3) is 0 Å². The molecule has 0 aromatic carbocycles. The summed E-state index contributed by atoms with van der Waals surface area (Å²) < 4.78 is 28.2. The number of aryl methyl sites for hydroxylation is 1. The first-order valence-corrected chi connectivity index (χ1v) is 10.2. The highest BCUT2D eigenvalue weighted by Crippen LogP contribution is 2.35. The second-order valence-electron chi connectivity index (χ2n) is 6.09. The topological polar surface area (TPSA) is 49.4 Å². The molecule has 0 spiro atoms. The van der Waals surface area contributed by atoms with E-state index in [9.17, 15) is 8.42 Å². The molecule has 2 aliphatic rings. The van der Waals surface area contributed by atoms with Gasteiger partial charge in [-0.1, -0.05) is 6.92 Å². The van der Waals surface area contributed by atoms with Gasteiger partial charge in [0.25, 0.3) is 10.0 Å². The first-order valence-electron chi connectivity index (χ1n) is 7.92. The summed E-state index contributed by atoms with van der Waals surface area (Å²) in [5, 5.41) is 3.39. The number of hydrogen-bond acceptors (Lipinski definition) is 4. The van der Waals surface area contributed by atoms with Crippen LogP contribution in [-0.2, 0) is 16.4 Å². The first kappa shape index (κ1) is 15.5. The molecule has 1 atom stereocenters. The van der Waals surface area contributed by atoms with E-state index in [4.69, 9.17) is 0 Å². The molecule has 1 aliphatic heterocycles. The van der Waals surface area contributed by atoms with Crippen molar-refractivity contribution in [3.05, 3.63) is 17.0 Å². The highest BCUT2D eigenvalue weighted by Gasteiger charge is 2.39. The van der Waals surface area contributed by atoms with Gasteiger partial charge in [0.05, 0.1) is 0 Å². The Balaban J connectivity index is 1.78. The van der Waals surface area contributed by atoms with Gasteiger partial charge < -0.3 is 5.32 Å². The SMILES string of the molecule is CCc1ccc(S(=O)(=O)N(CC2CCCNC2)C2CC2)s1. The van der Waals surface area contributed by atoms with E-state index in [1.54, 1.807) is 10.4 Å². The maximum Gasteiger partial charge on any atom is 0.252 e. The standard InChI is InChI=1S/C15H24N2O2S2/c1-2-14-7-8-15(20-14)21(18,19)17(13-5-6-13)11-12-4-3-9-16-10-12/h7-8,12-13,16H,2-6,9-11H2,1H3. The molecule has 2 fully saturated rings. The Morgan fingerprint density at radius 2 is 2.14 bits per heavy atom. The summed E-state index contributed by atoms with van der Waals surface area (Å²) in [5.74, 6) is 0.458. The molecule has 1 saturated carbocycles. The molecular weight excluding hydrogens is 304 g/mol. The van der Waals surface area contributed by atoms with Crippen molar-refractivity contribution in [3.63, 3.8) is 0 Å². The van der Waals surface area contributed by atoms with Crippen molar-refractivity contribution in [3.8, 4) is 0 Å². The van der Waals surface area contributed by atoms with E-state index in [0.29, 0.717) is 16.7 Å². The molecule has 0 bridgehead atoms. The molecule has 1 aromatic rings. The summed E-state index contributed by atoms with van der Waals surface area (Å²) in [7, 11) is -3.30. The van der Waals surface area contributed by atoms with Gasteiger partial charge in [0.15, 0.2) is 0 Å². The smallest absolute Gasteiger partial charge is 0.252 e. The van der Waals surface area contributed by atoms with Gasteiger partial charge in [-0.05, 0) is 63.2 Å². The van der Waals surface area contributed by atoms with E-state index in [1.807, 2.05) is 6.07 Å². The second kappa shape index (κ2) is 6.36. The number of nitrogens with zero attached hydrogens (tertiary/aromatic N) is 1. The van der Waals surface area contributed by atoms with Crippen LogP contribution in [0.1, 0.15) is 37.5 Å². The van der Waals surface area contributed by atoms with Crippen LogP contribution in [0.4, 0.5) is 0 Å². The van der Waals surface area contributed by atoms with Gasteiger partial charge in [-0.3, -0.25) is 0 Å². The van der Waals surface area contributed by atoms with Crippen molar-refractivity contribution in [1.82, 2.24) is 9.62 Å². The summed E-state index contributed by atoms with van der Waals surface area (Å²) in [6, 6.07) is 3.97. The van der Waals surface area contributed by atoms with E-state index < -0.39 is 10.0 Å². The van der Waals surface area contributed by atoms with Crippen LogP contribution < -0.4 is 5.32 Å². The normalized spacial score (nSPS) is 23.6. The lowest BCUT2D eigenvalue weighted by Crippen LogP contribution is -2.41. The van der Waals surface area contributed by atoms with Crippen LogP contribution >= 0.6 is 11.3 Å². The van der Waals surface area contributed by atoms with Gasteiger partial charge in [0.2, 0.25) is 0 Å². The van der Waals surface area contributed by atoms with Crippen LogP contribution in [-0.4, -0.2) is 38.4 Å². The lowest BCUT2D eigenvalue weighted by atomic mass is 10.00. The van der Waals surface area contributed by atoms with E-state index >= 15 is 0 Å². The van der Waals surface area contributed by atoms with Crippen LogP contribution in [0.2, 0.25) is 0 Å². The number of hydrogen-bond donors (Lipinski definition) is 1. The number of nitrogens with one attached hydrogen (secondary N) is 1. The molecule has 3 rings (SSSR count). The van der Waals surface area contributed by atoms with Gasteiger partial charge in [0, 0.05) is 17.5 Å². The maximum atomic E-state index is 12.9. The molecule has 0 amide bonds. The highest BCUT2D eigenvalue weighted by atomic mass is 32.2. The molecule has 1 aromatic heterocycles. The number of sulfonamides is 1. The molecule has 118 valence electrons. The zero-order valence-corrected chi connectivity index (χ0v) is 14.2. The zero-order valence-electron chi connectivity index (χ0n) is 12.5. The first-order chi connectivity index (χ1) is 10.1. The van der Waals surface area contributed by atoms with Crippen molar-refractivity contribution in [2.75, 3.05) is 19.6 Å². The zero-order chi connectivity index (χ0) is 14.9. The van der Waals surface area contributed by atoms with E-state index in [2.05, 4.69) is 12.2 Å². The molecule has 1 N–H and O–H groups in total. The van der Waals surface area contributed by atoms with Crippen LogP contribution in [0.5, 0.6) is 0 Å². The molecule has 1 aliphatic carbocycles. The summed E-state index contributed by atoms with van der Waals surface area (Å²) >= 11 is 1.43. The van der Waals surface area contributed by atoms with Gasteiger partial charge in [-0.15, -0.1) is 11.3 Å². The lowest BCUT2D eigenvalue weighted by molar-refractivity contribution is 0.287. The van der Waals surface area contributed by atoms with Crippen molar-refractivity contribution >= 4 is 21.4 Å². The molecule has 2 heterocycles. The van der Waals surface area contributed by atoms with Gasteiger partial charge in [-0.2, -0.15) is 4.31 Å². The van der Waals surface area contributed by atoms with Gasteiger partial charge >= 0.3 is 0 Å². The van der Waals surface area contributed by atoms with E-state index in [0.717, 1.165) is 50.1 Å². The third-order valence-electron chi connectivity index (χ3n) is 4.34. The molecule has 1 saturated heterocycles. The Morgan fingerprint density at radius 3 is 2.71 bits per heavy atom. The van der Waals surface area contributed by atoms with Gasteiger partial charge in [-0.25, -0.2) is 8.42 Å². The third kappa shape index (κ3) is 3.50. The fourth-order valence-electron chi connectivity index (χ4n) is 2.94. The van der Waals surface area contributed by atoms with Crippen LogP contribution in [0.15, 0.2) is 16.3 Å². The molecule has 4 nitrogen and oxygen atoms in total. The van der Waals surface area contributed by atoms with E-state index in [1.165, 1.54) is 11.3 Å². The summed E-state index contributed by atoms with van der Waals surface area (Å²) in [6.07, 6.45) is 5.23. The molecule has 21 heavy (non-hydrogen) atoms. The van der Waals surface area contributed by atoms with E-state index in [-0.39, 0.29) is 6.04 Å². The Bertz CT molecular complexity index is 572. The predicted molar refractivity (Wildman–Crippen MR) is 86.2 cm³/mol. The quantitative estimate of drug-likeness (QED) is 0.873. The second-order valence-corrected chi connectivity index (χ2v) is 9.38. The average Bonchev–Trinajstić information content (AvgIpc) is 3.20. The highest BCUT2D eigenvalue weighted by molar-refractivity contribution is 7.91. The van der Waals surface area contributed by atoms with Crippen molar-refractivity contribution in [1.29, 1.82) is 0 Å². The molecule has 1 unspecified atom stereocenters. The summed E-state index contributed by atoms with van der Waals surface area (Å²) in [5.41, 5.74) is 0. The fourth-order valence-corrected chi connectivity index (χ4v) is 6.13. The lowest BCUT2D eigenvalue weighted by Gasteiger charge is -2.29. The van der Waals surface area contributed by atoms with Crippen molar-refractivity contribution in [2.24, 2.45) is 5.92 Å². The minimum absolute atomic E-state index is 0.240. The van der Waals surface area contributed by atoms with Gasteiger partial charge in [0.1, 0.15) is 4.21 Å². The molecular formula is C15H24N2O2S2. The van der Waals surface area contributed by atoms with Crippen molar-refractivity contribution in [2.45, 2.75) is 49.3 Å². The van der Waals surface area contributed by atoms with Crippen LogP contribution in [0.3, 0.4) is 0 Å². The Labute approximate surface area is 131 Å². The summed E-state index contributed by atoms with van der Waals surface area (Å²) in [6.45, 7) is 4.76. The largest absolute Gasteiger partial charge is 0.316 e. The Hall–Kier alpha value is -0.430. The predicted octanol–water partition coefficient (Wildman–Crippen LogP) is 2.46. The Kier molecular flexibility index (Phi) is 4.69. The minimum Gasteiger partial charge on any atom is -0.316 e. The third-order valence-corrected chi connectivity index (χ3v) is 7.95. The van der Waals surface area contributed by atoms with Crippen molar-refractivity contribution < 1.29 is 8.42 Å². The summed E-state index contributed by atoms with van der Waals surface area (Å²) in [4.78, 5) is 1.14. The molecule has 0 radical (unpaired) electrons. The minimum atomic E-state index is -3.30. The number of rotatable bonds is 6. The number of piperidine rings is 1. The monoisotopic (exact) mass is 328 g/mol. The fraction of sp³-hybridized carbons (Fsp3) is 0.733. The maximum absolute atomic E-state index is 12.9. The molecule has 6 heteroatoms. The number of thiophene rings is 1. The average molecular weight is 329 g/mol.